The fourth-order valence-electron chi connectivity index (χ4n) is 0.999. The number of hydrogen-bond donors (Lipinski definition) is 1. The second-order valence-corrected chi connectivity index (χ2v) is 5.32. The summed E-state index contributed by atoms with van der Waals surface area (Å²) in [5.74, 6) is 0.565. The smallest absolute Gasteiger partial charge is 0.262 e. The van der Waals surface area contributed by atoms with E-state index in [0.717, 1.165) is 0 Å². The molecule has 0 bridgehead atoms. The Morgan fingerprint density at radius 1 is 1.44 bits per heavy atom. The molecule has 7 heteroatoms. The third kappa shape index (κ3) is 3.18. The molecule has 90 valence electrons. The van der Waals surface area contributed by atoms with Crippen LogP contribution in [0.2, 0.25) is 0 Å². The monoisotopic (exact) mass is 309 g/mol. The summed E-state index contributed by atoms with van der Waals surface area (Å²) < 4.78 is 28.9. The zero-order valence-corrected chi connectivity index (χ0v) is 11.3. The highest BCUT2D eigenvalue weighted by Crippen LogP contribution is 2.27. The van der Waals surface area contributed by atoms with Gasteiger partial charge in [-0.05, 0) is 41.1 Å². The van der Waals surface area contributed by atoms with E-state index in [0.29, 0.717) is 10.2 Å². The van der Waals surface area contributed by atoms with Crippen LogP contribution in [-0.2, 0) is 14.9 Å². The molecule has 1 N–H and O–H groups in total. The molecule has 5 nitrogen and oxygen atoms in total. The minimum absolute atomic E-state index is 0.105. The number of halogens is 1. The molecule has 0 saturated heterocycles. The normalized spacial score (nSPS) is 11.4. The molecule has 0 spiro atoms. The fourth-order valence-corrected chi connectivity index (χ4v) is 2.58. The SMILES string of the molecule is CCONS(=O)(=O)c1ccc(OC)c(Br)c1. The molecule has 0 aromatic heterocycles. The molecular weight excluding hydrogens is 298 g/mol. The third-order valence-electron chi connectivity index (χ3n) is 1.75. The maximum Gasteiger partial charge on any atom is 0.262 e. The lowest BCUT2D eigenvalue weighted by atomic mass is 10.3. The van der Waals surface area contributed by atoms with Crippen LogP contribution in [0.4, 0.5) is 0 Å². The van der Waals surface area contributed by atoms with E-state index in [9.17, 15) is 8.42 Å². The molecule has 0 aliphatic carbocycles. The quantitative estimate of drug-likeness (QED) is 0.841. The Balaban J connectivity index is 3.01. The summed E-state index contributed by atoms with van der Waals surface area (Å²) in [5, 5.41) is 0. The third-order valence-corrected chi connectivity index (χ3v) is 3.58. The molecule has 16 heavy (non-hydrogen) atoms. The van der Waals surface area contributed by atoms with Crippen molar-refractivity contribution in [1.29, 1.82) is 0 Å². The second kappa shape index (κ2) is 5.62. The van der Waals surface area contributed by atoms with Gasteiger partial charge >= 0.3 is 0 Å². The highest BCUT2D eigenvalue weighted by atomic mass is 79.9. The topological polar surface area (TPSA) is 64.6 Å². The first-order valence-corrected chi connectivity index (χ1v) is 6.76. The maximum atomic E-state index is 11.6. The summed E-state index contributed by atoms with van der Waals surface area (Å²) in [6.45, 7) is 1.95. The maximum absolute atomic E-state index is 11.6. The summed E-state index contributed by atoms with van der Waals surface area (Å²) in [5.41, 5.74) is 0. The van der Waals surface area contributed by atoms with Crippen molar-refractivity contribution >= 4 is 26.0 Å². The van der Waals surface area contributed by atoms with E-state index in [1.54, 1.807) is 13.0 Å². The van der Waals surface area contributed by atoms with Crippen LogP contribution in [0.1, 0.15) is 6.92 Å². The highest BCUT2D eigenvalue weighted by Gasteiger charge is 2.15. The van der Waals surface area contributed by atoms with Gasteiger partial charge in [0.1, 0.15) is 5.75 Å². The van der Waals surface area contributed by atoms with Crippen molar-refractivity contribution < 1.29 is 18.0 Å². The molecule has 0 aliphatic rings. The first-order chi connectivity index (χ1) is 7.51. The lowest BCUT2D eigenvalue weighted by Gasteiger charge is -2.08. The zero-order valence-electron chi connectivity index (χ0n) is 8.86. The van der Waals surface area contributed by atoms with Gasteiger partial charge in [0.2, 0.25) is 0 Å². The number of nitrogens with one attached hydrogen (secondary N) is 1. The summed E-state index contributed by atoms with van der Waals surface area (Å²) in [7, 11) is -2.12. The summed E-state index contributed by atoms with van der Waals surface area (Å²) in [4.78, 5) is 6.77. The molecule has 0 aliphatic heterocycles. The summed E-state index contributed by atoms with van der Waals surface area (Å²) in [6.07, 6.45) is 0. The summed E-state index contributed by atoms with van der Waals surface area (Å²) in [6, 6.07) is 4.44. The van der Waals surface area contributed by atoms with Crippen LogP contribution in [0.5, 0.6) is 5.75 Å². The van der Waals surface area contributed by atoms with Crippen molar-refractivity contribution in [3.63, 3.8) is 0 Å². The molecule has 0 atom stereocenters. The van der Waals surface area contributed by atoms with Gasteiger partial charge in [-0.3, -0.25) is 4.84 Å². The van der Waals surface area contributed by atoms with Gasteiger partial charge in [-0.15, -0.1) is 0 Å². The molecule has 1 rings (SSSR count). The predicted octanol–water partition coefficient (Wildman–Crippen LogP) is 1.69. The Bertz CT molecular complexity index is 461. The van der Waals surface area contributed by atoms with Crippen LogP contribution in [0, 0.1) is 0 Å². The van der Waals surface area contributed by atoms with Crippen LogP contribution in [0.3, 0.4) is 0 Å². The molecule has 1 aromatic carbocycles. The van der Waals surface area contributed by atoms with Gasteiger partial charge in [-0.25, -0.2) is 8.42 Å². The number of sulfonamides is 1. The van der Waals surface area contributed by atoms with Gasteiger partial charge in [0.15, 0.2) is 0 Å². The molecule has 0 amide bonds. The van der Waals surface area contributed by atoms with E-state index in [1.807, 2.05) is 4.89 Å². The van der Waals surface area contributed by atoms with Gasteiger partial charge < -0.3 is 4.74 Å². The molecule has 0 heterocycles. The Labute approximate surface area is 103 Å². The van der Waals surface area contributed by atoms with Gasteiger partial charge in [0.25, 0.3) is 10.0 Å². The highest BCUT2D eigenvalue weighted by molar-refractivity contribution is 9.10. The number of ether oxygens (including phenoxy) is 1. The standard InChI is InChI=1S/C9H12BrNO4S/c1-3-15-11-16(12,13)7-4-5-9(14-2)8(10)6-7/h4-6,11H,3H2,1-2H3. The van der Waals surface area contributed by atoms with Crippen molar-refractivity contribution in [2.45, 2.75) is 11.8 Å². The zero-order chi connectivity index (χ0) is 12.2. The fraction of sp³-hybridized carbons (Fsp3) is 0.333. The van der Waals surface area contributed by atoms with Gasteiger partial charge in [-0.2, -0.15) is 0 Å². The molecule has 0 radical (unpaired) electrons. The van der Waals surface area contributed by atoms with Crippen molar-refractivity contribution in [1.82, 2.24) is 4.89 Å². The summed E-state index contributed by atoms with van der Waals surface area (Å²) >= 11 is 3.21. The first-order valence-electron chi connectivity index (χ1n) is 4.48. The Morgan fingerprint density at radius 2 is 2.12 bits per heavy atom. The Kier molecular flexibility index (Phi) is 4.72. The van der Waals surface area contributed by atoms with Crippen molar-refractivity contribution in [2.75, 3.05) is 13.7 Å². The van der Waals surface area contributed by atoms with E-state index in [1.165, 1.54) is 19.2 Å². The minimum Gasteiger partial charge on any atom is -0.496 e. The molecule has 0 unspecified atom stereocenters. The molecular formula is C9H12BrNO4S. The average Bonchev–Trinajstić information content (AvgIpc) is 2.26. The van der Waals surface area contributed by atoms with Gasteiger partial charge in [-0.1, -0.05) is 4.89 Å². The number of methoxy groups -OCH3 is 1. The van der Waals surface area contributed by atoms with Gasteiger partial charge in [0.05, 0.1) is 23.1 Å². The molecule has 0 fully saturated rings. The average molecular weight is 310 g/mol. The van der Waals surface area contributed by atoms with E-state index >= 15 is 0 Å². The van der Waals surface area contributed by atoms with E-state index in [2.05, 4.69) is 20.8 Å². The van der Waals surface area contributed by atoms with E-state index in [-0.39, 0.29) is 11.5 Å². The number of hydrogen-bond acceptors (Lipinski definition) is 4. The minimum atomic E-state index is -3.63. The second-order valence-electron chi connectivity index (χ2n) is 2.82. The predicted molar refractivity (Wildman–Crippen MR) is 62.6 cm³/mol. The van der Waals surface area contributed by atoms with Crippen molar-refractivity contribution in [2.24, 2.45) is 0 Å². The number of benzene rings is 1. The Morgan fingerprint density at radius 3 is 2.62 bits per heavy atom. The van der Waals surface area contributed by atoms with Crippen molar-refractivity contribution in [3.05, 3.63) is 22.7 Å². The molecule has 1 aromatic rings. The first kappa shape index (κ1) is 13.4. The van der Waals surface area contributed by atoms with E-state index < -0.39 is 10.0 Å². The van der Waals surface area contributed by atoms with Crippen LogP contribution < -0.4 is 9.62 Å². The van der Waals surface area contributed by atoms with Crippen LogP contribution >= 0.6 is 15.9 Å². The van der Waals surface area contributed by atoms with Crippen LogP contribution in [0.25, 0.3) is 0 Å². The lowest BCUT2D eigenvalue weighted by Crippen LogP contribution is -2.23. The largest absolute Gasteiger partial charge is 0.496 e. The van der Waals surface area contributed by atoms with Crippen LogP contribution in [-0.4, -0.2) is 22.1 Å². The van der Waals surface area contributed by atoms with Gasteiger partial charge in [0, 0.05) is 0 Å². The van der Waals surface area contributed by atoms with E-state index in [4.69, 9.17) is 4.74 Å². The molecule has 0 saturated carbocycles. The van der Waals surface area contributed by atoms with Crippen molar-refractivity contribution in [3.8, 4) is 5.75 Å². The number of rotatable bonds is 5. The Hall–Kier alpha value is -0.630. The van der Waals surface area contributed by atoms with Crippen LogP contribution in [0.15, 0.2) is 27.6 Å². The lowest BCUT2D eigenvalue weighted by molar-refractivity contribution is 0.105.